The van der Waals surface area contributed by atoms with E-state index in [1.165, 1.54) is 5.69 Å². The first-order valence-electron chi connectivity index (χ1n) is 9.06. The topological polar surface area (TPSA) is 71.7 Å². The van der Waals surface area contributed by atoms with Crippen molar-refractivity contribution in [3.8, 4) is 5.69 Å². The van der Waals surface area contributed by atoms with Crippen LogP contribution in [0.15, 0.2) is 41.3 Å². The van der Waals surface area contributed by atoms with Crippen molar-refractivity contribution in [3.05, 3.63) is 64.4 Å². The highest BCUT2D eigenvalue weighted by Crippen LogP contribution is 2.27. The smallest absolute Gasteiger partial charge is 0.334 e. The Morgan fingerprint density at radius 2 is 2.08 bits per heavy atom. The second-order valence-corrected chi connectivity index (χ2v) is 6.99. The molecule has 1 atom stereocenters. The number of aromatic amines is 1. The number of nitrogens with zero attached hydrogens (tertiary/aromatic N) is 5. The molecule has 1 fully saturated rings. The van der Waals surface area contributed by atoms with Crippen LogP contribution < -0.4 is 5.69 Å². The molecule has 1 aliphatic rings. The lowest BCUT2D eigenvalue weighted by Crippen LogP contribution is -2.35. The molecule has 7 nitrogen and oxygen atoms in total. The first kappa shape index (κ1) is 16.8. The summed E-state index contributed by atoms with van der Waals surface area (Å²) in [6, 6.07) is 9.72. The van der Waals surface area contributed by atoms with Gasteiger partial charge in [0.05, 0.1) is 11.4 Å². The summed E-state index contributed by atoms with van der Waals surface area (Å²) in [4.78, 5) is 19.1. The molecule has 1 aliphatic heterocycles. The average Bonchev–Trinajstić information content (AvgIpc) is 3.20. The number of hydrogen-bond acceptors (Lipinski definition) is 4. The maximum Gasteiger partial charge on any atom is 0.347 e. The lowest BCUT2D eigenvalue weighted by atomic mass is 9.97. The lowest BCUT2D eigenvalue weighted by Gasteiger charge is -2.32. The fraction of sp³-hybridized carbons (Fsp3) is 0.421. The molecule has 136 valence electrons. The van der Waals surface area contributed by atoms with Gasteiger partial charge in [0, 0.05) is 32.3 Å². The molecule has 0 amide bonds. The molecule has 0 spiro atoms. The fourth-order valence-corrected chi connectivity index (χ4v) is 3.74. The van der Waals surface area contributed by atoms with Gasteiger partial charge in [0.2, 0.25) is 0 Å². The maximum atomic E-state index is 12.3. The quantitative estimate of drug-likeness (QED) is 0.779. The average molecular weight is 352 g/mol. The Kier molecular flexibility index (Phi) is 4.46. The SMILES string of the molecule is Cc1ncc(CN2CCC[C@@H](c3n[nH]c(=O)n3-c3ccccc3)C2)n1C. The van der Waals surface area contributed by atoms with Gasteiger partial charge in [-0.15, -0.1) is 0 Å². The number of rotatable bonds is 4. The third-order valence-electron chi connectivity index (χ3n) is 5.29. The summed E-state index contributed by atoms with van der Waals surface area (Å²) in [7, 11) is 2.06. The Bertz CT molecular complexity index is 939. The van der Waals surface area contributed by atoms with Gasteiger partial charge in [0.15, 0.2) is 0 Å². The first-order chi connectivity index (χ1) is 12.6. The van der Waals surface area contributed by atoms with Crippen LogP contribution in [-0.2, 0) is 13.6 Å². The van der Waals surface area contributed by atoms with Crippen LogP contribution in [-0.4, -0.2) is 42.3 Å². The predicted octanol–water partition coefficient (Wildman–Crippen LogP) is 1.98. The number of H-pyrrole nitrogens is 1. The summed E-state index contributed by atoms with van der Waals surface area (Å²) in [5.41, 5.74) is 1.90. The highest BCUT2D eigenvalue weighted by molar-refractivity contribution is 5.32. The normalized spacial score (nSPS) is 18.3. The summed E-state index contributed by atoms with van der Waals surface area (Å²) in [5.74, 6) is 2.09. The van der Waals surface area contributed by atoms with Gasteiger partial charge in [-0.3, -0.25) is 4.90 Å². The van der Waals surface area contributed by atoms with E-state index in [1.54, 1.807) is 4.57 Å². The summed E-state index contributed by atoms with van der Waals surface area (Å²) < 4.78 is 3.85. The first-order valence-corrected chi connectivity index (χ1v) is 9.06. The van der Waals surface area contributed by atoms with Crippen LogP contribution in [0.5, 0.6) is 0 Å². The summed E-state index contributed by atoms with van der Waals surface area (Å²) >= 11 is 0. The Balaban J connectivity index is 1.57. The van der Waals surface area contributed by atoms with Gasteiger partial charge < -0.3 is 4.57 Å². The van der Waals surface area contributed by atoms with Crippen molar-refractivity contribution in [2.45, 2.75) is 32.2 Å². The van der Waals surface area contributed by atoms with Crippen molar-refractivity contribution in [2.75, 3.05) is 13.1 Å². The minimum absolute atomic E-state index is 0.175. The molecule has 0 bridgehead atoms. The van der Waals surface area contributed by atoms with Crippen molar-refractivity contribution in [1.82, 2.24) is 29.2 Å². The van der Waals surface area contributed by atoms with Gasteiger partial charge in [0.25, 0.3) is 0 Å². The zero-order valence-corrected chi connectivity index (χ0v) is 15.2. The molecule has 3 aromatic rings. The van der Waals surface area contributed by atoms with E-state index in [0.717, 1.165) is 49.8 Å². The van der Waals surface area contributed by atoms with Gasteiger partial charge in [-0.1, -0.05) is 18.2 Å². The number of nitrogens with one attached hydrogen (secondary N) is 1. The number of aromatic nitrogens is 5. The maximum absolute atomic E-state index is 12.3. The van der Waals surface area contributed by atoms with E-state index in [0.29, 0.717) is 0 Å². The van der Waals surface area contributed by atoms with Crippen molar-refractivity contribution < 1.29 is 0 Å². The number of para-hydroxylation sites is 1. The molecule has 0 radical (unpaired) electrons. The van der Waals surface area contributed by atoms with E-state index in [-0.39, 0.29) is 11.6 Å². The molecule has 2 aromatic heterocycles. The van der Waals surface area contributed by atoms with Gasteiger partial charge in [-0.05, 0) is 38.4 Å². The second-order valence-electron chi connectivity index (χ2n) is 6.99. The van der Waals surface area contributed by atoms with Crippen LogP contribution in [0.3, 0.4) is 0 Å². The van der Waals surface area contributed by atoms with E-state index < -0.39 is 0 Å². The van der Waals surface area contributed by atoms with Gasteiger partial charge in [-0.25, -0.2) is 19.4 Å². The van der Waals surface area contributed by atoms with E-state index in [1.807, 2.05) is 43.5 Å². The third-order valence-corrected chi connectivity index (χ3v) is 5.29. The minimum atomic E-state index is -0.175. The van der Waals surface area contributed by atoms with E-state index in [4.69, 9.17) is 0 Å². The van der Waals surface area contributed by atoms with Gasteiger partial charge in [0.1, 0.15) is 11.6 Å². The highest BCUT2D eigenvalue weighted by atomic mass is 16.1. The summed E-state index contributed by atoms with van der Waals surface area (Å²) in [5, 5.41) is 6.99. The van der Waals surface area contributed by atoms with Crippen molar-refractivity contribution >= 4 is 0 Å². The van der Waals surface area contributed by atoms with E-state index in [9.17, 15) is 4.79 Å². The number of benzene rings is 1. The third kappa shape index (κ3) is 3.10. The monoisotopic (exact) mass is 352 g/mol. The van der Waals surface area contributed by atoms with Gasteiger partial charge >= 0.3 is 5.69 Å². The Morgan fingerprint density at radius 3 is 2.81 bits per heavy atom. The van der Waals surface area contributed by atoms with Crippen molar-refractivity contribution in [1.29, 1.82) is 0 Å². The standard InChI is InChI=1S/C19H24N6O/c1-14-20-11-17(23(14)2)13-24-10-6-7-15(12-24)18-21-22-19(26)25(18)16-8-4-3-5-9-16/h3-5,8-9,11,15H,6-7,10,12-13H2,1-2H3,(H,22,26)/t15-/m1/s1. The number of imidazole rings is 1. The Labute approximate surface area is 152 Å². The molecule has 3 heterocycles. The van der Waals surface area contributed by atoms with E-state index in [2.05, 4.69) is 31.7 Å². The Morgan fingerprint density at radius 1 is 1.27 bits per heavy atom. The molecule has 1 saturated heterocycles. The molecule has 26 heavy (non-hydrogen) atoms. The van der Waals surface area contributed by atoms with Crippen LogP contribution in [0.4, 0.5) is 0 Å². The lowest BCUT2D eigenvalue weighted by molar-refractivity contribution is 0.192. The largest absolute Gasteiger partial charge is 0.347 e. The number of aryl methyl sites for hydroxylation is 1. The molecule has 4 rings (SSSR count). The zero-order valence-electron chi connectivity index (χ0n) is 15.2. The van der Waals surface area contributed by atoms with Gasteiger partial charge in [-0.2, -0.15) is 5.10 Å². The van der Waals surface area contributed by atoms with Crippen molar-refractivity contribution in [3.63, 3.8) is 0 Å². The zero-order chi connectivity index (χ0) is 18.1. The van der Waals surface area contributed by atoms with Crippen LogP contribution in [0, 0.1) is 6.92 Å². The molecule has 7 heteroatoms. The number of piperidine rings is 1. The van der Waals surface area contributed by atoms with Crippen LogP contribution in [0.2, 0.25) is 0 Å². The number of hydrogen-bond donors (Lipinski definition) is 1. The van der Waals surface area contributed by atoms with Crippen LogP contribution >= 0.6 is 0 Å². The molecule has 0 aliphatic carbocycles. The van der Waals surface area contributed by atoms with Crippen LogP contribution in [0.25, 0.3) is 5.69 Å². The molecule has 0 saturated carbocycles. The molecule has 1 N–H and O–H groups in total. The molecular formula is C19H24N6O. The predicted molar refractivity (Wildman–Crippen MR) is 99.4 cm³/mol. The highest BCUT2D eigenvalue weighted by Gasteiger charge is 2.27. The number of likely N-dealkylation sites (tertiary alicyclic amines) is 1. The van der Waals surface area contributed by atoms with Crippen LogP contribution in [0.1, 0.15) is 36.1 Å². The molecule has 1 aromatic carbocycles. The molecule has 0 unspecified atom stereocenters. The second kappa shape index (κ2) is 6.92. The summed E-state index contributed by atoms with van der Waals surface area (Å²) in [6.45, 7) is 4.83. The fourth-order valence-electron chi connectivity index (χ4n) is 3.74. The van der Waals surface area contributed by atoms with E-state index >= 15 is 0 Å². The minimum Gasteiger partial charge on any atom is -0.334 e. The Hall–Kier alpha value is -2.67. The molecular weight excluding hydrogens is 328 g/mol. The van der Waals surface area contributed by atoms with Crippen molar-refractivity contribution in [2.24, 2.45) is 7.05 Å². The summed E-state index contributed by atoms with van der Waals surface area (Å²) in [6.07, 6.45) is 4.09.